The number of hydrogen-bond acceptors (Lipinski definition) is 5. The van der Waals surface area contributed by atoms with Crippen LogP contribution in [0.15, 0.2) is 21.3 Å². The first-order valence-corrected chi connectivity index (χ1v) is 7.89. The summed E-state index contributed by atoms with van der Waals surface area (Å²) in [6, 6.07) is 3.61. The fourth-order valence-electron chi connectivity index (χ4n) is 2.56. The first kappa shape index (κ1) is 17.8. The van der Waals surface area contributed by atoms with Crippen LogP contribution in [0.4, 0.5) is 0 Å². The van der Waals surface area contributed by atoms with Crippen molar-refractivity contribution >= 4 is 16.9 Å². The molecule has 1 aromatic heterocycles. The Kier molecular flexibility index (Phi) is 5.49. The van der Waals surface area contributed by atoms with Gasteiger partial charge in [0.1, 0.15) is 0 Å². The first-order chi connectivity index (χ1) is 11.4. The lowest BCUT2D eigenvalue weighted by molar-refractivity contribution is -0.121. The zero-order valence-electron chi connectivity index (χ0n) is 14.7. The first-order valence-electron chi connectivity index (χ1n) is 7.89. The van der Waals surface area contributed by atoms with Crippen LogP contribution in [0, 0.1) is 6.92 Å². The third-order valence-corrected chi connectivity index (χ3v) is 4.15. The maximum Gasteiger partial charge on any atom is 0.340 e. The van der Waals surface area contributed by atoms with E-state index in [-0.39, 0.29) is 18.4 Å². The molecule has 0 radical (unpaired) electrons. The van der Waals surface area contributed by atoms with E-state index in [1.165, 1.54) is 14.2 Å². The molecule has 0 saturated heterocycles. The standard InChI is InChI=1S/C18H23NO5/c1-6-10(2)19-15(20)9-13-11(3)12-7-8-14(22-4)17(23-5)16(12)24-18(13)21/h7-8,10H,6,9H2,1-5H3,(H,19,20)/t10-/m0/s1. The highest BCUT2D eigenvalue weighted by Gasteiger charge is 2.19. The summed E-state index contributed by atoms with van der Waals surface area (Å²) in [5.41, 5.74) is 0.855. The lowest BCUT2D eigenvalue weighted by atomic mass is 10.0. The molecule has 1 atom stereocenters. The Morgan fingerprint density at radius 1 is 1.29 bits per heavy atom. The number of benzene rings is 1. The van der Waals surface area contributed by atoms with Crippen LogP contribution in [0.1, 0.15) is 31.4 Å². The molecular weight excluding hydrogens is 310 g/mol. The highest BCUT2D eigenvalue weighted by molar-refractivity contribution is 5.89. The Balaban J connectivity index is 2.51. The molecule has 130 valence electrons. The van der Waals surface area contributed by atoms with E-state index in [1.54, 1.807) is 19.1 Å². The summed E-state index contributed by atoms with van der Waals surface area (Å²) in [7, 11) is 3.00. The molecule has 6 nitrogen and oxygen atoms in total. The van der Waals surface area contributed by atoms with Gasteiger partial charge < -0.3 is 19.2 Å². The van der Waals surface area contributed by atoms with Crippen LogP contribution < -0.4 is 20.4 Å². The molecule has 0 aliphatic carbocycles. The van der Waals surface area contributed by atoms with Crippen molar-refractivity contribution in [1.82, 2.24) is 5.32 Å². The molecule has 2 aromatic rings. The monoisotopic (exact) mass is 333 g/mol. The molecule has 0 spiro atoms. The van der Waals surface area contributed by atoms with Crippen LogP contribution in [0.2, 0.25) is 0 Å². The third kappa shape index (κ3) is 3.37. The highest BCUT2D eigenvalue weighted by atomic mass is 16.5. The SMILES string of the molecule is CC[C@H](C)NC(=O)Cc1c(C)c2ccc(OC)c(OC)c2oc1=O. The van der Waals surface area contributed by atoms with Crippen molar-refractivity contribution in [1.29, 1.82) is 0 Å². The van der Waals surface area contributed by atoms with Gasteiger partial charge in [0.2, 0.25) is 11.7 Å². The minimum Gasteiger partial charge on any atom is -0.493 e. The van der Waals surface area contributed by atoms with Gasteiger partial charge in [0, 0.05) is 11.4 Å². The molecule has 0 unspecified atom stereocenters. The maximum atomic E-state index is 12.4. The van der Waals surface area contributed by atoms with Gasteiger partial charge in [-0.15, -0.1) is 0 Å². The minimum atomic E-state index is -0.536. The van der Waals surface area contributed by atoms with Crippen LogP contribution in [0.5, 0.6) is 11.5 Å². The number of aryl methyl sites for hydroxylation is 1. The molecule has 24 heavy (non-hydrogen) atoms. The van der Waals surface area contributed by atoms with E-state index in [0.717, 1.165) is 11.8 Å². The molecule has 0 saturated carbocycles. The van der Waals surface area contributed by atoms with E-state index in [0.29, 0.717) is 28.2 Å². The zero-order chi connectivity index (χ0) is 17.9. The molecule has 0 aliphatic rings. The summed E-state index contributed by atoms with van der Waals surface area (Å²) in [4.78, 5) is 24.5. The quantitative estimate of drug-likeness (QED) is 0.822. The van der Waals surface area contributed by atoms with E-state index in [2.05, 4.69) is 5.32 Å². The number of carbonyl (C=O) groups is 1. The number of nitrogens with one attached hydrogen (secondary N) is 1. The summed E-state index contributed by atoms with van der Waals surface area (Å²) in [6.07, 6.45) is 0.816. The summed E-state index contributed by atoms with van der Waals surface area (Å²) >= 11 is 0. The second-order valence-corrected chi connectivity index (χ2v) is 5.72. The van der Waals surface area contributed by atoms with Crippen molar-refractivity contribution in [3.05, 3.63) is 33.7 Å². The normalized spacial score (nSPS) is 12.0. The second kappa shape index (κ2) is 7.38. The molecule has 1 aromatic carbocycles. The van der Waals surface area contributed by atoms with Gasteiger partial charge in [0.05, 0.1) is 26.2 Å². The Morgan fingerprint density at radius 3 is 2.58 bits per heavy atom. The summed E-state index contributed by atoms with van der Waals surface area (Å²) in [5.74, 6) is 0.653. The molecular formula is C18H23NO5. The predicted octanol–water partition coefficient (Wildman–Crippen LogP) is 2.58. The number of ether oxygens (including phenoxy) is 2. The predicted molar refractivity (Wildman–Crippen MR) is 91.9 cm³/mol. The molecule has 6 heteroatoms. The summed E-state index contributed by atoms with van der Waals surface area (Å²) in [6.45, 7) is 5.71. The van der Waals surface area contributed by atoms with Crippen molar-refractivity contribution in [2.45, 2.75) is 39.7 Å². The molecule has 1 N–H and O–H groups in total. The van der Waals surface area contributed by atoms with Crippen LogP contribution in [0.25, 0.3) is 11.0 Å². The summed E-state index contributed by atoms with van der Waals surface area (Å²) < 4.78 is 16.0. The average Bonchev–Trinajstić information content (AvgIpc) is 2.57. The Bertz CT molecular complexity index is 809. The maximum absolute atomic E-state index is 12.4. The number of hydrogen-bond donors (Lipinski definition) is 1. The van der Waals surface area contributed by atoms with Gasteiger partial charge in [-0.1, -0.05) is 6.92 Å². The second-order valence-electron chi connectivity index (χ2n) is 5.72. The number of fused-ring (bicyclic) bond motifs is 1. The van der Waals surface area contributed by atoms with Crippen molar-refractivity contribution in [3.63, 3.8) is 0 Å². The minimum absolute atomic E-state index is 0.0111. The fraction of sp³-hybridized carbons (Fsp3) is 0.444. The van der Waals surface area contributed by atoms with E-state index in [9.17, 15) is 9.59 Å². The average molecular weight is 333 g/mol. The highest BCUT2D eigenvalue weighted by Crippen LogP contribution is 2.36. The smallest absolute Gasteiger partial charge is 0.340 e. The number of amides is 1. The Hall–Kier alpha value is -2.50. The molecule has 1 amide bonds. The van der Waals surface area contributed by atoms with Crippen LogP contribution in [-0.2, 0) is 11.2 Å². The number of methoxy groups -OCH3 is 2. The van der Waals surface area contributed by atoms with E-state index in [4.69, 9.17) is 13.9 Å². The van der Waals surface area contributed by atoms with Crippen LogP contribution in [0.3, 0.4) is 0 Å². The molecule has 0 bridgehead atoms. The van der Waals surface area contributed by atoms with Crippen LogP contribution >= 0.6 is 0 Å². The number of rotatable bonds is 6. The van der Waals surface area contributed by atoms with Gasteiger partial charge in [-0.2, -0.15) is 0 Å². The third-order valence-electron chi connectivity index (χ3n) is 4.15. The van der Waals surface area contributed by atoms with E-state index >= 15 is 0 Å². The summed E-state index contributed by atoms with van der Waals surface area (Å²) in [5, 5.41) is 3.58. The van der Waals surface area contributed by atoms with Crippen molar-refractivity contribution in [2.75, 3.05) is 14.2 Å². The van der Waals surface area contributed by atoms with E-state index in [1.807, 2.05) is 13.8 Å². The van der Waals surface area contributed by atoms with E-state index < -0.39 is 5.63 Å². The largest absolute Gasteiger partial charge is 0.493 e. The molecule has 1 heterocycles. The Labute approximate surface area is 140 Å². The molecule has 0 aliphatic heterocycles. The van der Waals surface area contributed by atoms with Gasteiger partial charge in [-0.05, 0) is 38.0 Å². The van der Waals surface area contributed by atoms with Gasteiger partial charge in [0.15, 0.2) is 11.3 Å². The van der Waals surface area contributed by atoms with Crippen molar-refractivity contribution in [3.8, 4) is 11.5 Å². The number of carbonyl (C=O) groups excluding carboxylic acids is 1. The molecule has 0 fully saturated rings. The van der Waals surface area contributed by atoms with Crippen molar-refractivity contribution < 1.29 is 18.7 Å². The topological polar surface area (TPSA) is 77.8 Å². The fourth-order valence-corrected chi connectivity index (χ4v) is 2.56. The van der Waals surface area contributed by atoms with Gasteiger partial charge in [0.25, 0.3) is 0 Å². The van der Waals surface area contributed by atoms with Gasteiger partial charge in [-0.25, -0.2) is 4.79 Å². The lowest BCUT2D eigenvalue weighted by Gasteiger charge is -2.14. The lowest BCUT2D eigenvalue weighted by Crippen LogP contribution is -2.34. The van der Waals surface area contributed by atoms with Crippen LogP contribution in [-0.4, -0.2) is 26.2 Å². The van der Waals surface area contributed by atoms with Gasteiger partial charge >= 0.3 is 5.63 Å². The molecule has 2 rings (SSSR count). The Morgan fingerprint density at radius 2 is 2.00 bits per heavy atom. The van der Waals surface area contributed by atoms with Crippen molar-refractivity contribution in [2.24, 2.45) is 0 Å². The van der Waals surface area contributed by atoms with Gasteiger partial charge in [-0.3, -0.25) is 4.79 Å². The zero-order valence-corrected chi connectivity index (χ0v) is 14.7.